The summed E-state index contributed by atoms with van der Waals surface area (Å²) in [4.78, 5) is 21.2. The number of aliphatic hydroxyl groups excluding tert-OH is 1. The molecule has 176 valence electrons. The molecule has 0 saturated carbocycles. The minimum atomic E-state index is -1.14. The van der Waals surface area contributed by atoms with Crippen molar-refractivity contribution in [3.8, 4) is 11.5 Å². The van der Waals surface area contributed by atoms with Crippen LogP contribution in [0.2, 0.25) is 0 Å². The highest BCUT2D eigenvalue weighted by molar-refractivity contribution is 6.07. The lowest BCUT2D eigenvalue weighted by molar-refractivity contribution is 0.0698. The highest BCUT2D eigenvalue weighted by atomic mass is 16.5. The fourth-order valence-electron chi connectivity index (χ4n) is 3.61. The van der Waals surface area contributed by atoms with E-state index < -0.39 is 5.97 Å². The van der Waals surface area contributed by atoms with Crippen molar-refractivity contribution in [2.45, 2.75) is 38.8 Å². The largest absolute Gasteiger partial charge is 0.497 e. The lowest BCUT2D eigenvalue weighted by Gasteiger charge is -2.21. The van der Waals surface area contributed by atoms with Crippen LogP contribution in [0.3, 0.4) is 0 Å². The van der Waals surface area contributed by atoms with Crippen LogP contribution in [0.25, 0.3) is 11.0 Å². The molecule has 3 rings (SSSR count). The molecule has 0 saturated heterocycles. The summed E-state index contributed by atoms with van der Waals surface area (Å²) in [6.07, 6.45) is 4.17. The average molecular weight is 455 g/mol. The van der Waals surface area contributed by atoms with Gasteiger partial charge in [0, 0.05) is 30.4 Å². The molecule has 1 aromatic carbocycles. The van der Waals surface area contributed by atoms with Gasteiger partial charge < -0.3 is 30.3 Å². The van der Waals surface area contributed by atoms with Crippen molar-refractivity contribution < 1.29 is 24.5 Å². The van der Waals surface area contributed by atoms with Crippen molar-refractivity contribution in [2.75, 3.05) is 31.5 Å². The highest BCUT2D eigenvalue weighted by Crippen LogP contribution is 2.32. The van der Waals surface area contributed by atoms with Crippen LogP contribution in [0.1, 0.15) is 42.1 Å². The third-order valence-electron chi connectivity index (χ3n) is 5.37. The molecule has 0 bridgehead atoms. The van der Waals surface area contributed by atoms with Crippen LogP contribution < -0.4 is 20.1 Å². The number of pyridine rings is 2. The molecule has 0 fully saturated rings. The molecule has 0 unspecified atom stereocenters. The van der Waals surface area contributed by atoms with E-state index in [0.29, 0.717) is 34.6 Å². The normalized spacial score (nSPS) is 11.8. The molecule has 0 amide bonds. The van der Waals surface area contributed by atoms with E-state index in [9.17, 15) is 15.0 Å². The van der Waals surface area contributed by atoms with E-state index in [1.54, 1.807) is 38.6 Å². The van der Waals surface area contributed by atoms with Gasteiger partial charge in [0.15, 0.2) is 0 Å². The van der Waals surface area contributed by atoms with E-state index in [1.165, 1.54) is 0 Å². The first kappa shape index (κ1) is 24.1. The first-order valence-corrected chi connectivity index (χ1v) is 10.9. The van der Waals surface area contributed by atoms with E-state index in [1.807, 2.05) is 12.1 Å². The summed E-state index contributed by atoms with van der Waals surface area (Å²) in [6, 6.07) is 8.64. The number of carbonyl (C=O) groups is 1. The van der Waals surface area contributed by atoms with Gasteiger partial charge in [-0.1, -0.05) is 19.8 Å². The maximum atomic E-state index is 12.3. The van der Waals surface area contributed by atoms with E-state index in [0.717, 1.165) is 18.4 Å². The second-order valence-corrected chi connectivity index (χ2v) is 7.58. The van der Waals surface area contributed by atoms with E-state index in [-0.39, 0.29) is 30.6 Å². The van der Waals surface area contributed by atoms with Gasteiger partial charge in [0.25, 0.3) is 0 Å². The van der Waals surface area contributed by atoms with Crippen molar-refractivity contribution in [3.05, 3.63) is 47.7 Å². The predicted molar refractivity (Wildman–Crippen MR) is 127 cm³/mol. The van der Waals surface area contributed by atoms with E-state index in [2.05, 4.69) is 27.5 Å². The van der Waals surface area contributed by atoms with Gasteiger partial charge in [-0.05, 0) is 30.7 Å². The number of benzene rings is 1. The number of rotatable bonds is 12. The minimum Gasteiger partial charge on any atom is -0.497 e. The molecule has 0 aliphatic rings. The number of unbranched alkanes of at least 4 members (excludes halogenated alkanes) is 1. The summed E-state index contributed by atoms with van der Waals surface area (Å²) >= 11 is 0. The standard InChI is InChI=1S/C24H30N4O5/c1-4-5-7-16(14-29)27-22-20(24(30)31)23(28-18-8-6-11-25-21(18)22)26-13-15-9-10-17(32-2)12-19(15)33-3/h6,8-12,16,29H,4-5,7,13-14H2,1-3H3,(H,30,31)(H2,26,27,28)/t16-/m0/s1. The number of carboxylic acids is 1. The third-order valence-corrected chi connectivity index (χ3v) is 5.37. The van der Waals surface area contributed by atoms with Crippen LogP contribution in [-0.2, 0) is 6.54 Å². The van der Waals surface area contributed by atoms with Gasteiger partial charge >= 0.3 is 5.97 Å². The Morgan fingerprint density at radius 3 is 2.70 bits per heavy atom. The number of aromatic carboxylic acids is 1. The molecular formula is C24H30N4O5. The van der Waals surface area contributed by atoms with Gasteiger partial charge in [-0.3, -0.25) is 4.98 Å². The lowest BCUT2D eigenvalue weighted by atomic mass is 10.1. The molecule has 2 aromatic heterocycles. The summed E-state index contributed by atoms with van der Waals surface area (Å²) in [7, 11) is 3.14. The molecule has 3 aromatic rings. The van der Waals surface area contributed by atoms with Crippen molar-refractivity contribution in [2.24, 2.45) is 0 Å². The van der Waals surface area contributed by atoms with Gasteiger partial charge in [-0.2, -0.15) is 0 Å². The fourth-order valence-corrected chi connectivity index (χ4v) is 3.61. The van der Waals surface area contributed by atoms with Crippen molar-refractivity contribution in [3.63, 3.8) is 0 Å². The molecule has 0 aliphatic heterocycles. The van der Waals surface area contributed by atoms with Crippen LogP contribution in [0.5, 0.6) is 11.5 Å². The number of anilines is 2. The third kappa shape index (κ3) is 5.61. The minimum absolute atomic E-state index is 0.0244. The number of aromatic nitrogens is 2. The number of fused-ring (bicyclic) bond motifs is 1. The van der Waals surface area contributed by atoms with Crippen molar-refractivity contribution >= 4 is 28.5 Å². The predicted octanol–water partition coefficient (Wildman–Crippen LogP) is 3.92. The summed E-state index contributed by atoms with van der Waals surface area (Å²) < 4.78 is 10.7. The average Bonchev–Trinajstić information content (AvgIpc) is 2.84. The molecule has 0 spiro atoms. The zero-order valence-corrected chi connectivity index (χ0v) is 19.1. The molecule has 9 heteroatoms. The molecule has 1 atom stereocenters. The second-order valence-electron chi connectivity index (χ2n) is 7.58. The van der Waals surface area contributed by atoms with Crippen LogP contribution >= 0.6 is 0 Å². The van der Waals surface area contributed by atoms with Crippen molar-refractivity contribution in [1.82, 2.24) is 9.97 Å². The summed E-state index contributed by atoms with van der Waals surface area (Å²) in [5.74, 6) is 0.328. The van der Waals surface area contributed by atoms with E-state index in [4.69, 9.17) is 9.47 Å². The Hall–Kier alpha value is -3.59. The Kier molecular flexibility index (Phi) is 8.26. The Labute approximate surface area is 192 Å². The molecule has 2 heterocycles. The number of hydrogen-bond acceptors (Lipinski definition) is 8. The number of methoxy groups -OCH3 is 2. The van der Waals surface area contributed by atoms with Crippen LogP contribution in [0, 0.1) is 0 Å². The number of carboxylic acid groups (broad SMARTS) is 1. The first-order chi connectivity index (χ1) is 16.0. The van der Waals surface area contributed by atoms with Crippen LogP contribution in [-0.4, -0.2) is 53.0 Å². The molecule has 9 nitrogen and oxygen atoms in total. The first-order valence-electron chi connectivity index (χ1n) is 10.9. The summed E-state index contributed by atoms with van der Waals surface area (Å²) in [6.45, 7) is 2.22. The quantitative estimate of drug-likeness (QED) is 0.322. The Morgan fingerprint density at radius 2 is 2.03 bits per heavy atom. The smallest absolute Gasteiger partial charge is 0.341 e. The number of aliphatic hydroxyl groups is 1. The van der Waals surface area contributed by atoms with Crippen LogP contribution in [0.15, 0.2) is 36.5 Å². The van der Waals surface area contributed by atoms with Gasteiger partial charge in [0.05, 0.1) is 32.0 Å². The number of ether oxygens (including phenoxy) is 2. The van der Waals surface area contributed by atoms with Gasteiger partial charge in [-0.15, -0.1) is 0 Å². The maximum absolute atomic E-state index is 12.3. The monoisotopic (exact) mass is 454 g/mol. The lowest BCUT2D eigenvalue weighted by Crippen LogP contribution is -2.26. The fraction of sp³-hybridized carbons (Fsp3) is 0.375. The number of nitrogens with one attached hydrogen (secondary N) is 2. The Balaban J connectivity index is 2.03. The molecule has 0 radical (unpaired) electrons. The van der Waals surface area contributed by atoms with Gasteiger partial charge in [0.2, 0.25) is 0 Å². The van der Waals surface area contributed by atoms with Gasteiger partial charge in [0.1, 0.15) is 28.4 Å². The Bertz CT molecular complexity index is 1110. The van der Waals surface area contributed by atoms with E-state index >= 15 is 0 Å². The second kappa shape index (κ2) is 11.3. The Morgan fingerprint density at radius 1 is 1.21 bits per heavy atom. The topological polar surface area (TPSA) is 126 Å². The van der Waals surface area contributed by atoms with Gasteiger partial charge in [-0.25, -0.2) is 9.78 Å². The molecule has 33 heavy (non-hydrogen) atoms. The number of nitrogens with zero attached hydrogens (tertiary/aromatic N) is 2. The molecular weight excluding hydrogens is 424 g/mol. The zero-order valence-electron chi connectivity index (χ0n) is 19.1. The summed E-state index contributed by atoms with van der Waals surface area (Å²) in [5, 5.41) is 26.3. The molecule has 0 aliphatic carbocycles. The maximum Gasteiger partial charge on any atom is 0.341 e. The van der Waals surface area contributed by atoms with Crippen molar-refractivity contribution in [1.29, 1.82) is 0 Å². The zero-order chi connectivity index (χ0) is 23.8. The SMILES string of the molecule is CCCC[C@@H](CO)Nc1c(C(=O)O)c(NCc2ccc(OC)cc2OC)nc2cccnc12. The highest BCUT2D eigenvalue weighted by Gasteiger charge is 2.24. The number of hydrogen-bond donors (Lipinski definition) is 4. The van der Waals surface area contributed by atoms with Crippen LogP contribution in [0.4, 0.5) is 11.5 Å². The summed E-state index contributed by atoms with van der Waals surface area (Å²) in [5.41, 5.74) is 2.11. The molecule has 4 N–H and O–H groups in total.